The van der Waals surface area contributed by atoms with E-state index in [2.05, 4.69) is 37.4 Å². The van der Waals surface area contributed by atoms with E-state index in [0.717, 1.165) is 40.2 Å². The molecule has 6 nitrogen and oxygen atoms in total. The van der Waals surface area contributed by atoms with Crippen molar-refractivity contribution < 1.29 is 9.26 Å². The van der Waals surface area contributed by atoms with Gasteiger partial charge in [-0.2, -0.15) is 0 Å². The Kier molecular flexibility index (Phi) is 5.12. The summed E-state index contributed by atoms with van der Waals surface area (Å²) in [7, 11) is 1.66. The highest BCUT2D eigenvalue weighted by molar-refractivity contribution is 7.98. The number of thiophene rings is 1. The monoisotopic (exact) mass is 424 g/mol. The van der Waals surface area contributed by atoms with Gasteiger partial charge in [0.1, 0.15) is 23.0 Å². The third-order valence-electron chi connectivity index (χ3n) is 4.85. The Bertz CT molecular complexity index is 1100. The number of benzene rings is 1. The predicted octanol–water partition coefficient (Wildman–Crippen LogP) is 5.22. The van der Waals surface area contributed by atoms with Crippen molar-refractivity contribution in [1.82, 2.24) is 19.9 Å². The van der Waals surface area contributed by atoms with Gasteiger partial charge in [0.2, 0.25) is 0 Å². The van der Waals surface area contributed by atoms with E-state index < -0.39 is 0 Å². The fraction of sp³-hybridized carbons (Fsp3) is 0.286. The molecule has 0 aliphatic heterocycles. The number of nitrogens with zero attached hydrogens (tertiary/aromatic N) is 4. The summed E-state index contributed by atoms with van der Waals surface area (Å²) in [5.74, 6) is 3.30. The summed E-state index contributed by atoms with van der Waals surface area (Å²) >= 11 is 3.41. The first-order valence-corrected chi connectivity index (χ1v) is 11.4. The van der Waals surface area contributed by atoms with Crippen LogP contribution in [0.25, 0.3) is 11.3 Å². The van der Waals surface area contributed by atoms with E-state index >= 15 is 0 Å². The SMILES string of the molecule is COc1ccccc1-c1cc(CSc2nnc(Cc3cccs3)n2C2CC2)on1. The van der Waals surface area contributed by atoms with E-state index in [0.29, 0.717) is 11.8 Å². The van der Waals surface area contributed by atoms with Crippen molar-refractivity contribution in [3.8, 4) is 17.0 Å². The molecule has 148 valence electrons. The molecule has 3 aromatic heterocycles. The van der Waals surface area contributed by atoms with Crippen LogP contribution in [0.3, 0.4) is 0 Å². The van der Waals surface area contributed by atoms with Gasteiger partial charge in [-0.25, -0.2) is 0 Å². The zero-order valence-electron chi connectivity index (χ0n) is 15.9. The van der Waals surface area contributed by atoms with Gasteiger partial charge in [0.25, 0.3) is 0 Å². The van der Waals surface area contributed by atoms with Gasteiger partial charge in [-0.1, -0.05) is 35.1 Å². The molecule has 8 heteroatoms. The molecule has 0 amide bonds. The maximum Gasteiger partial charge on any atom is 0.191 e. The molecule has 0 spiro atoms. The van der Waals surface area contributed by atoms with Gasteiger partial charge in [-0.15, -0.1) is 21.5 Å². The Hall–Kier alpha value is -2.58. The molecule has 0 unspecified atom stereocenters. The van der Waals surface area contributed by atoms with Crippen LogP contribution in [0.15, 0.2) is 57.5 Å². The van der Waals surface area contributed by atoms with Crippen molar-refractivity contribution in [1.29, 1.82) is 0 Å². The highest BCUT2D eigenvalue weighted by Crippen LogP contribution is 2.40. The molecule has 4 aromatic rings. The number of rotatable bonds is 8. The van der Waals surface area contributed by atoms with Gasteiger partial charge in [0, 0.05) is 29.0 Å². The highest BCUT2D eigenvalue weighted by atomic mass is 32.2. The van der Waals surface area contributed by atoms with Crippen LogP contribution in [0.5, 0.6) is 5.75 Å². The summed E-state index contributed by atoms with van der Waals surface area (Å²) in [5, 5.41) is 16.2. The number of methoxy groups -OCH3 is 1. The van der Waals surface area contributed by atoms with Crippen LogP contribution in [0.2, 0.25) is 0 Å². The molecule has 1 aliphatic rings. The first-order chi connectivity index (χ1) is 14.3. The molecular weight excluding hydrogens is 404 g/mol. The van der Waals surface area contributed by atoms with E-state index in [1.807, 2.05) is 30.3 Å². The minimum Gasteiger partial charge on any atom is -0.496 e. The average molecular weight is 425 g/mol. The number of ether oxygens (including phenoxy) is 1. The van der Waals surface area contributed by atoms with Crippen molar-refractivity contribution in [2.75, 3.05) is 7.11 Å². The fourth-order valence-corrected chi connectivity index (χ4v) is 4.90. The van der Waals surface area contributed by atoms with Crippen LogP contribution >= 0.6 is 23.1 Å². The molecule has 3 heterocycles. The van der Waals surface area contributed by atoms with Crippen LogP contribution in [0.1, 0.15) is 35.3 Å². The van der Waals surface area contributed by atoms with E-state index in [1.165, 1.54) is 17.7 Å². The Labute approximate surface area is 176 Å². The first-order valence-electron chi connectivity index (χ1n) is 9.50. The molecule has 0 saturated heterocycles. The largest absolute Gasteiger partial charge is 0.496 e. The van der Waals surface area contributed by atoms with Crippen molar-refractivity contribution >= 4 is 23.1 Å². The molecule has 1 aromatic carbocycles. The third kappa shape index (κ3) is 3.95. The lowest BCUT2D eigenvalue weighted by Gasteiger charge is -2.07. The lowest BCUT2D eigenvalue weighted by atomic mass is 10.1. The quantitative estimate of drug-likeness (QED) is 0.361. The van der Waals surface area contributed by atoms with E-state index in [1.54, 1.807) is 30.2 Å². The van der Waals surface area contributed by atoms with E-state index in [9.17, 15) is 0 Å². The molecule has 1 fully saturated rings. The summed E-state index contributed by atoms with van der Waals surface area (Å²) in [5.41, 5.74) is 1.70. The second-order valence-electron chi connectivity index (χ2n) is 6.92. The van der Waals surface area contributed by atoms with Crippen molar-refractivity contribution in [2.24, 2.45) is 0 Å². The van der Waals surface area contributed by atoms with Crippen LogP contribution in [0, 0.1) is 0 Å². The maximum absolute atomic E-state index is 5.57. The third-order valence-corrected chi connectivity index (χ3v) is 6.69. The standard InChI is InChI=1S/C21H20N4O2S2/c1-26-19-7-3-2-6-17(19)18-11-15(27-24-18)13-29-21-23-22-20(25(21)14-8-9-14)12-16-5-4-10-28-16/h2-7,10-11,14H,8-9,12-13H2,1H3. The number of thioether (sulfide) groups is 1. The van der Waals surface area contributed by atoms with Gasteiger partial charge in [0.15, 0.2) is 5.16 Å². The Balaban J connectivity index is 1.32. The summed E-state index contributed by atoms with van der Waals surface area (Å²) in [6, 6.07) is 14.5. The van der Waals surface area contributed by atoms with Crippen LogP contribution in [-0.2, 0) is 12.2 Å². The van der Waals surface area contributed by atoms with Gasteiger partial charge in [0.05, 0.1) is 12.9 Å². The lowest BCUT2D eigenvalue weighted by molar-refractivity contribution is 0.395. The average Bonchev–Trinajstić information content (AvgIpc) is 3.13. The second-order valence-corrected chi connectivity index (χ2v) is 8.90. The fourth-order valence-electron chi connectivity index (χ4n) is 3.29. The normalized spacial score (nSPS) is 13.7. The van der Waals surface area contributed by atoms with Crippen LogP contribution in [0.4, 0.5) is 0 Å². The first kappa shape index (κ1) is 18.4. The second kappa shape index (κ2) is 8.04. The summed E-state index contributed by atoms with van der Waals surface area (Å²) in [4.78, 5) is 1.31. The minimum atomic E-state index is 0.529. The minimum absolute atomic E-state index is 0.529. The molecule has 1 saturated carbocycles. The number of para-hydroxylation sites is 1. The van der Waals surface area contributed by atoms with Gasteiger partial charge >= 0.3 is 0 Å². The van der Waals surface area contributed by atoms with Crippen LogP contribution in [-0.4, -0.2) is 27.0 Å². The Morgan fingerprint density at radius 1 is 1.21 bits per heavy atom. The van der Waals surface area contributed by atoms with E-state index in [-0.39, 0.29) is 0 Å². The zero-order valence-corrected chi connectivity index (χ0v) is 17.6. The maximum atomic E-state index is 5.57. The van der Waals surface area contributed by atoms with Crippen LogP contribution < -0.4 is 4.74 Å². The summed E-state index contributed by atoms with van der Waals surface area (Å²) in [6.07, 6.45) is 3.23. The molecule has 29 heavy (non-hydrogen) atoms. The molecule has 5 rings (SSSR count). The Morgan fingerprint density at radius 3 is 2.90 bits per heavy atom. The summed E-state index contributed by atoms with van der Waals surface area (Å²) < 4.78 is 13.3. The van der Waals surface area contributed by atoms with Crippen molar-refractivity contribution in [2.45, 2.75) is 36.2 Å². The predicted molar refractivity (Wildman–Crippen MR) is 113 cm³/mol. The molecular formula is C21H20N4O2S2. The summed E-state index contributed by atoms with van der Waals surface area (Å²) in [6.45, 7) is 0. The topological polar surface area (TPSA) is 66.0 Å². The molecule has 1 aliphatic carbocycles. The van der Waals surface area contributed by atoms with E-state index in [4.69, 9.17) is 9.26 Å². The van der Waals surface area contributed by atoms with Crippen molar-refractivity contribution in [3.63, 3.8) is 0 Å². The van der Waals surface area contributed by atoms with Gasteiger partial charge in [-0.05, 0) is 36.4 Å². The molecule has 0 atom stereocenters. The molecule has 0 N–H and O–H groups in total. The Morgan fingerprint density at radius 2 is 2.10 bits per heavy atom. The molecule has 0 radical (unpaired) electrons. The number of hydrogen-bond acceptors (Lipinski definition) is 7. The number of hydrogen-bond donors (Lipinski definition) is 0. The molecule has 0 bridgehead atoms. The van der Waals surface area contributed by atoms with Gasteiger partial charge in [-0.3, -0.25) is 0 Å². The highest BCUT2D eigenvalue weighted by Gasteiger charge is 2.30. The smallest absolute Gasteiger partial charge is 0.191 e. The lowest BCUT2D eigenvalue weighted by Crippen LogP contribution is -2.03. The number of aromatic nitrogens is 4. The van der Waals surface area contributed by atoms with Crippen molar-refractivity contribution in [3.05, 3.63) is 64.3 Å². The van der Waals surface area contributed by atoms with Gasteiger partial charge < -0.3 is 13.8 Å². The zero-order chi connectivity index (χ0) is 19.6.